The average Bonchev–Trinajstić information content (AvgIpc) is 2.91. The second-order valence-corrected chi connectivity index (χ2v) is 11.7. The van der Waals surface area contributed by atoms with E-state index in [-0.39, 0.29) is 23.5 Å². The summed E-state index contributed by atoms with van der Waals surface area (Å²) in [6, 6.07) is 9.43. The van der Waals surface area contributed by atoms with Crippen LogP contribution in [-0.2, 0) is 16.0 Å². The first-order valence-corrected chi connectivity index (χ1v) is 15.2. The first-order valence-electron chi connectivity index (χ1n) is 14.5. The molecule has 0 spiro atoms. The number of ketones is 1. The maximum atomic E-state index is 12.3. The molecule has 1 aliphatic carbocycles. The number of nitrogens with one attached hydrogen (secondary N) is 2. The topological polar surface area (TPSA) is 87.7 Å². The molecule has 0 bridgehead atoms. The summed E-state index contributed by atoms with van der Waals surface area (Å²) in [5.41, 5.74) is 4.23. The first-order chi connectivity index (χ1) is 19.1. The van der Waals surface area contributed by atoms with Crippen molar-refractivity contribution >= 4 is 44.9 Å². The molecule has 2 aromatic rings. The number of ether oxygens (including phenoxy) is 1. The molecular formula is C32H44BrN3O4. The lowest BCUT2D eigenvalue weighted by Gasteiger charge is -2.29. The molecule has 2 N–H and O–H groups in total. The summed E-state index contributed by atoms with van der Waals surface area (Å²) >= 11 is 3.48. The molecule has 4 rings (SSSR count). The van der Waals surface area contributed by atoms with Gasteiger partial charge in [-0.15, -0.1) is 0 Å². The molecule has 1 aliphatic heterocycles. The van der Waals surface area contributed by atoms with Gasteiger partial charge >= 0.3 is 0 Å². The standard InChI is InChI=1S/C17H25NO2.C15H19BrN2O2/c1-4-13-6-8-14(9-7-13)17(19)18-15-10-5-12(2)16(11-15)20-3;1-3-12-13(10(2)19)7-11(8-14(12)16)17-15(20)9-18-5-4-6-18/h5,10-11,13-14H,4,6-9H2,1-3H3,(H,18,19);7-8H,3-6,9H2,1-2H3,(H,17,20). The van der Waals surface area contributed by atoms with Crippen LogP contribution >= 0.6 is 15.9 Å². The average molecular weight is 615 g/mol. The molecule has 0 radical (unpaired) electrons. The van der Waals surface area contributed by atoms with Gasteiger partial charge in [0, 0.05) is 33.4 Å². The van der Waals surface area contributed by atoms with Gasteiger partial charge in [-0.05, 0) is 101 Å². The van der Waals surface area contributed by atoms with E-state index in [4.69, 9.17) is 4.74 Å². The number of rotatable bonds is 9. The van der Waals surface area contributed by atoms with Crippen molar-refractivity contribution in [3.05, 3.63) is 51.5 Å². The van der Waals surface area contributed by atoms with Gasteiger partial charge in [0.25, 0.3) is 0 Å². The molecule has 2 aromatic carbocycles. The van der Waals surface area contributed by atoms with Crippen LogP contribution in [0.5, 0.6) is 5.75 Å². The summed E-state index contributed by atoms with van der Waals surface area (Å²) in [5, 5.41) is 5.89. The predicted molar refractivity (Wildman–Crippen MR) is 165 cm³/mol. The molecule has 1 heterocycles. The molecule has 1 saturated heterocycles. The lowest BCUT2D eigenvalue weighted by Crippen LogP contribution is -2.42. The van der Waals surface area contributed by atoms with Crippen LogP contribution in [0.15, 0.2) is 34.8 Å². The van der Waals surface area contributed by atoms with E-state index in [0.717, 1.165) is 65.3 Å². The van der Waals surface area contributed by atoms with Crippen molar-refractivity contribution in [3.63, 3.8) is 0 Å². The van der Waals surface area contributed by atoms with Gasteiger partial charge < -0.3 is 15.4 Å². The van der Waals surface area contributed by atoms with Crippen LogP contribution in [0.25, 0.3) is 0 Å². The van der Waals surface area contributed by atoms with E-state index in [1.165, 1.54) is 25.7 Å². The fourth-order valence-corrected chi connectivity index (χ4v) is 6.04. The number of halogens is 1. The summed E-state index contributed by atoms with van der Waals surface area (Å²) in [7, 11) is 1.65. The zero-order valence-electron chi connectivity index (χ0n) is 24.6. The Morgan fingerprint density at radius 1 is 1.00 bits per heavy atom. The highest BCUT2D eigenvalue weighted by Gasteiger charge is 2.25. The number of anilines is 2. The maximum absolute atomic E-state index is 12.3. The van der Waals surface area contributed by atoms with Crippen LogP contribution in [0.4, 0.5) is 11.4 Å². The lowest BCUT2D eigenvalue weighted by atomic mass is 9.80. The molecule has 8 heteroatoms. The molecule has 0 unspecified atom stereocenters. The Morgan fingerprint density at radius 3 is 2.25 bits per heavy atom. The van der Waals surface area contributed by atoms with Gasteiger partial charge in [-0.3, -0.25) is 19.3 Å². The first kappa shape index (κ1) is 31.8. The second-order valence-electron chi connectivity index (χ2n) is 10.9. The SMILES string of the molecule is CCC1CCC(C(=O)Nc2ccc(C)c(OC)c2)CC1.CCc1c(Br)cc(NC(=O)CN2CCC2)cc1C(C)=O. The molecule has 7 nitrogen and oxygen atoms in total. The third-order valence-electron chi connectivity index (χ3n) is 8.00. The van der Waals surface area contributed by atoms with Gasteiger partial charge in [0.2, 0.25) is 11.8 Å². The Kier molecular flexibility index (Phi) is 12.2. The molecule has 1 saturated carbocycles. The predicted octanol–water partition coefficient (Wildman–Crippen LogP) is 7.02. The summed E-state index contributed by atoms with van der Waals surface area (Å²) < 4.78 is 6.16. The van der Waals surface area contributed by atoms with E-state index in [9.17, 15) is 14.4 Å². The summed E-state index contributed by atoms with van der Waals surface area (Å²) in [6.45, 7) is 10.2. The molecule has 2 aliphatic rings. The molecule has 218 valence electrons. The minimum atomic E-state index is -0.0321. The fourth-order valence-electron chi connectivity index (χ4n) is 5.30. The van der Waals surface area contributed by atoms with E-state index in [2.05, 4.69) is 38.4 Å². The number of hydrogen-bond acceptors (Lipinski definition) is 5. The third-order valence-corrected chi connectivity index (χ3v) is 8.71. The Hall–Kier alpha value is -2.71. The number of nitrogens with zero attached hydrogens (tertiary/aromatic N) is 1. The summed E-state index contributed by atoms with van der Waals surface area (Å²) in [6.07, 6.45) is 7.60. The van der Waals surface area contributed by atoms with Crippen LogP contribution in [0.2, 0.25) is 0 Å². The van der Waals surface area contributed by atoms with Crippen molar-refractivity contribution < 1.29 is 19.1 Å². The Morgan fingerprint density at radius 2 is 1.70 bits per heavy atom. The number of carbonyl (C=O) groups excluding carboxylic acids is 3. The van der Waals surface area contributed by atoms with Crippen molar-refractivity contribution in [2.24, 2.45) is 11.8 Å². The third kappa shape index (κ3) is 8.90. The van der Waals surface area contributed by atoms with E-state index < -0.39 is 0 Å². The minimum absolute atomic E-state index is 0.0152. The van der Waals surface area contributed by atoms with Gasteiger partial charge in [0.05, 0.1) is 13.7 Å². The molecule has 40 heavy (non-hydrogen) atoms. The normalized spacial score (nSPS) is 18.6. The number of aryl methyl sites for hydroxylation is 1. The quantitative estimate of drug-likeness (QED) is 0.297. The zero-order valence-corrected chi connectivity index (χ0v) is 26.2. The molecular weight excluding hydrogens is 570 g/mol. The summed E-state index contributed by atoms with van der Waals surface area (Å²) in [5.74, 6) is 1.95. The van der Waals surface area contributed by atoms with Crippen LogP contribution in [0, 0.1) is 18.8 Å². The van der Waals surface area contributed by atoms with Crippen LogP contribution < -0.4 is 15.4 Å². The number of hydrogen-bond donors (Lipinski definition) is 2. The molecule has 0 atom stereocenters. The fraction of sp³-hybridized carbons (Fsp3) is 0.531. The smallest absolute Gasteiger partial charge is 0.238 e. The van der Waals surface area contributed by atoms with Crippen molar-refractivity contribution in [1.82, 2.24) is 4.90 Å². The van der Waals surface area contributed by atoms with Crippen molar-refractivity contribution in [3.8, 4) is 5.75 Å². The molecule has 0 aromatic heterocycles. The van der Waals surface area contributed by atoms with Crippen LogP contribution in [0.1, 0.15) is 80.8 Å². The van der Waals surface area contributed by atoms with Gasteiger partial charge in [0.1, 0.15) is 5.75 Å². The van der Waals surface area contributed by atoms with Crippen molar-refractivity contribution in [1.29, 1.82) is 0 Å². The lowest BCUT2D eigenvalue weighted by molar-refractivity contribution is -0.121. The Bertz CT molecular complexity index is 1190. The number of likely N-dealkylation sites (tertiary alicyclic amines) is 1. The number of Topliss-reactive ketones (excluding diaryl/α,β-unsaturated/α-hetero) is 1. The van der Waals surface area contributed by atoms with Gasteiger partial charge in [-0.1, -0.05) is 42.3 Å². The van der Waals surface area contributed by atoms with E-state index >= 15 is 0 Å². The number of methoxy groups -OCH3 is 1. The van der Waals surface area contributed by atoms with Crippen LogP contribution in [-0.4, -0.2) is 49.2 Å². The van der Waals surface area contributed by atoms with Gasteiger partial charge in [0.15, 0.2) is 5.78 Å². The second kappa shape index (κ2) is 15.3. The van der Waals surface area contributed by atoms with E-state index in [1.54, 1.807) is 20.1 Å². The van der Waals surface area contributed by atoms with E-state index in [0.29, 0.717) is 17.8 Å². The Labute approximate surface area is 247 Å². The number of carbonyl (C=O) groups is 3. The van der Waals surface area contributed by atoms with Gasteiger partial charge in [-0.2, -0.15) is 0 Å². The van der Waals surface area contributed by atoms with E-state index in [1.807, 2.05) is 38.1 Å². The van der Waals surface area contributed by atoms with Gasteiger partial charge in [-0.25, -0.2) is 0 Å². The van der Waals surface area contributed by atoms with Crippen molar-refractivity contribution in [2.75, 3.05) is 37.4 Å². The number of benzene rings is 2. The highest BCUT2D eigenvalue weighted by atomic mass is 79.9. The highest BCUT2D eigenvalue weighted by Crippen LogP contribution is 2.32. The Balaban J connectivity index is 0.000000220. The molecule has 2 amide bonds. The minimum Gasteiger partial charge on any atom is -0.496 e. The number of amides is 2. The largest absolute Gasteiger partial charge is 0.496 e. The van der Waals surface area contributed by atoms with Crippen molar-refractivity contribution in [2.45, 2.75) is 72.6 Å². The highest BCUT2D eigenvalue weighted by molar-refractivity contribution is 9.10. The summed E-state index contributed by atoms with van der Waals surface area (Å²) in [4.78, 5) is 38.0. The maximum Gasteiger partial charge on any atom is 0.238 e. The zero-order chi connectivity index (χ0) is 29.2. The molecule has 2 fully saturated rings. The van der Waals surface area contributed by atoms with Crippen LogP contribution in [0.3, 0.4) is 0 Å². The monoisotopic (exact) mass is 613 g/mol.